The van der Waals surface area contributed by atoms with Gasteiger partial charge in [-0.2, -0.15) is 0 Å². The smallest absolute Gasteiger partial charge is 0.263 e. The predicted molar refractivity (Wildman–Crippen MR) is 76.6 cm³/mol. The fourth-order valence-electron chi connectivity index (χ4n) is 2.32. The molecule has 1 saturated heterocycles. The van der Waals surface area contributed by atoms with Gasteiger partial charge in [-0.15, -0.1) is 0 Å². The molecule has 1 aliphatic rings. The van der Waals surface area contributed by atoms with E-state index in [1.165, 1.54) is 12.8 Å². The summed E-state index contributed by atoms with van der Waals surface area (Å²) in [6.07, 6.45) is 4.19. The van der Waals surface area contributed by atoms with Gasteiger partial charge in [-0.3, -0.25) is 4.79 Å². The predicted octanol–water partition coefficient (Wildman–Crippen LogP) is 3.51. The molecule has 1 heterocycles. The summed E-state index contributed by atoms with van der Waals surface area (Å²) in [7, 11) is 0. The zero-order valence-electron chi connectivity index (χ0n) is 11.3. The number of ether oxygens (including phenoxy) is 1. The highest BCUT2D eigenvalue weighted by Crippen LogP contribution is 2.18. The molecule has 0 aliphatic carbocycles. The Bertz CT molecular complexity index is 411. The number of carbonyl (C=O) groups excluding carboxylic acids is 1. The van der Waals surface area contributed by atoms with Crippen LogP contribution < -0.4 is 4.74 Å². The number of likely N-dealkylation sites (tertiary alicyclic amines) is 1. The highest BCUT2D eigenvalue weighted by molar-refractivity contribution is 6.30. The van der Waals surface area contributed by atoms with E-state index in [0.29, 0.717) is 10.8 Å². The zero-order valence-corrected chi connectivity index (χ0v) is 12.0. The third kappa shape index (κ3) is 4.13. The molecule has 1 amide bonds. The zero-order chi connectivity index (χ0) is 13.7. The molecule has 0 unspecified atom stereocenters. The maximum absolute atomic E-state index is 12.3. The SMILES string of the molecule is C[C@@H](Oc1ccc(Cl)cc1)C(=O)N1CCCCCC1. The third-order valence-corrected chi connectivity index (χ3v) is 3.64. The van der Waals surface area contributed by atoms with Crippen molar-refractivity contribution in [1.82, 2.24) is 4.90 Å². The molecular weight excluding hydrogens is 262 g/mol. The second kappa shape index (κ2) is 6.80. The van der Waals surface area contributed by atoms with Crippen molar-refractivity contribution < 1.29 is 9.53 Å². The monoisotopic (exact) mass is 281 g/mol. The van der Waals surface area contributed by atoms with Crippen molar-refractivity contribution in [3.63, 3.8) is 0 Å². The minimum atomic E-state index is -0.445. The minimum Gasteiger partial charge on any atom is -0.481 e. The molecule has 0 aromatic heterocycles. The largest absolute Gasteiger partial charge is 0.481 e. The number of nitrogens with zero attached hydrogens (tertiary/aromatic N) is 1. The minimum absolute atomic E-state index is 0.0804. The van der Waals surface area contributed by atoms with Gasteiger partial charge in [0.1, 0.15) is 5.75 Å². The van der Waals surface area contributed by atoms with Crippen LogP contribution in [0.4, 0.5) is 0 Å². The maximum Gasteiger partial charge on any atom is 0.263 e. The van der Waals surface area contributed by atoms with Crippen molar-refractivity contribution in [3.8, 4) is 5.75 Å². The molecule has 0 spiro atoms. The fraction of sp³-hybridized carbons (Fsp3) is 0.533. The van der Waals surface area contributed by atoms with E-state index in [1.807, 2.05) is 11.8 Å². The van der Waals surface area contributed by atoms with Gasteiger partial charge < -0.3 is 9.64 Å². The van der Waals surface area contributed by atoms with Crippen molar-refractivity contribution >= 4 is 17.5 Å². The van der Waals surface area contributed by atoms with Crippen molar-refractivity contribution in [1.29, 1.82) is 0 Å². The van der Waals surface area contributed by atoms with Crippen molar-refractivity contribution in [2.45, 2.75) is 38.7 Å². The highest BCUT2D eigenvalue weighted by Gasteiger charge is 2.22. The molecule has 3 nitrogen and oxygen atoms in total. The summed E-state index contributed by atoms with van der Waals surface area (Å²) < 4.78 is 5.68. The molecule has 0 saturated carbocycles. The van der Waals surface area contributed by atoms with E-state index < -0.39 is 6.10 Å². The van der Waals surface area contributed by atoms with Gasteiger partial charge >= 0.3 is 0 Å². The summed E-state index contributed by atoms with van der Waals surface area (Å²) in [5.74, 6) is 0.761. The lowest BCUT2D eigenvalue weighted by molar-refractivity contribution is -0.137. The van der Waals surface area contributed by atoms with Crippen LogP contribution in [0.2, 0.25) is 5.02 Å². The normalized spacial score (nSPS) is 17.7. The Hall–Kier alpha value is -1.22. The Kier molecular flexibility index (Phi) is 5.08. The molecule has 1 fully saturated rings. The topological polar surface area (TPSA) is 29.5 Å². The Morgan fingerprint density at radius 1 is 1.16 bits per heavy atom. The summed E-state index contributed by atoms with van der Waals surface area (Å²) in [6, 6.07) is 7.10. The standard InChI is InChI=1S/C15H20ClNO2/c1-12(19-14-8-6-13(16)7-9-14)15(18)17-10-4-2-3-5-11-17/h6-9,12H,2-5,10-11H2,1H3/t12-/m1/s1. The van der Waals surface area contributed by atoms with Gasteiger partial charge in [-0.05, 0) is 44.0 Å². The van der Waals surface area contributed by atoms with Crippen LogP contribution in [0, 0.1) is 0 Å². The first-order valence-electron chi connectivity index (χ1n) is 6.88. The number of rotatable bonds is 3. The van der Waals surface area contributed by atoms with Gasteiger partial charge in [0.15, 0.2) is 6.10 Å². The first-order valence-corrected chi connectivity index (χ1v) is 7.25. The van der Waals surface area contributed by atoms with E-state index in [1.54, 1.807) is 24.3 Å². The number of amides is 1. The van der Waals surface area contributed by atoms with Crippen LogP contribution in [0.3, 0.4) is 0 Å². The fourth-order valence-corrected chi connectivity index (χ4v) is 2.44. The van der Waals surface area contributed by atoms with E-state index >= 15 is 0 Å². The van der Waals surface area contributed by atoms with Gasteiger partial charge in [0.25, 0.3) is 5.91 Å². The molecule has 0 radical (unpaired) electrons. The van der Waals surface area contributed by atoms with Crippen LogP contribution in [-0.4, -0.2) is 30.0 Å². The van der Waals surface area contributed by atoms with Crippen molar-refractivity contribution in [3.05, 3.63) is 29.3 Å². The molecule has 0 bridgehead atoms. The summed E-state index contributed by atoms with van der Waals surface area (Å²) in [5, 5.41) is 0.666. The molecule has 1 aromatic rings. The molecule has 0 N–H and O–H groups in total. The first kappa shape index (κ1) is 14.2. The highest BCUT2D eigenvalue weighted by atomic mass is 35.5. The molecule has 1 aromatic carbocycles. The van der Waals surface area contributed by atoms with E-state index in [-0.39, 0.29) is 5.91 Å². The van der Waals surface area contributed by atoms with Gasteiger partial charge in [-0.1, -0.05) is 24.4 Å². The lowest BCUT2D eigenvalue weighted by atomic mass is 10.2. The molecule has 19 heavy (non-hydrogen) atoms. The Morgan fingerprint density at radius 2 is 1.74 bits per heavy atom. The van der Waals surface area contributed by atoms with E-state index in [4.69, 9.17) is 16.3 Å². The number of hydrogen-bond acceptors (Lipinski definition) is 2. The van der Waals surface area contributed by atoms with Crippen LogP contribution in [0.25, 0.3) is 0 Å². The van der Waals surface area contributed by atoms with Crippen LogP contribution >= 0.6 is 11.6 Å². The summed E-state index contributed by atoms with van der Waals surface area (Å²) >= 11 is 5.82. The Morgan fingerprint density at radius 3 is 2.32 bits per heavy atom. The molecule has 2 rings (SSSR count). The lowest BCUT2D eigenvalue weighted by Gasteiger charge is -2.24. The number of halogens is 1. The quantitative estimate of drug-likeness (QED) is 0.848. The second-order valence-corrected chi connectivity index (χ2v) is 5.39. The van der Waals surface area contributed by atoms with Gasteiger partial charge in [0, 0.05) is 18.1 Å². The van der Waals surface area contributed by atoms with E-state index in [0.717, 1.165) is 25.9 Å². The Labute approximate surface area is 119 Å². The van der Waals surface area contributed by atoms with Gasteiger partial charge in [0.2, 0.25) is 0 Å². The van der Waals surface area contributed by atoms with Crippen molar-refractivity contribution in [2.75, 3.05) is 13.1 Å². The average molecular weight is 282 g/mol. The summed E-state index contributed by atoms with van der Waals surface area (Å²) in [5.41, 5.74) is 0. The number of benzene rings is 1. The molecule has 104 valence electrons. The van der Waals surface area contributed by atoms with Gasteiger partial charge in [0.05, 0.1) is 0 Å². The van der Waals surface area contributed by atoms with Crippen LogP contribution in [0.5, 0.6) is 5.75 Å². The molecule has 4 heteroatoms. The molecule has 1 atom stereocenters. The second-order valence-electron chi connectivity index (χ2n) is 4.95. The molecule has 1 aliphatic heterocycles. The van der Waals surface area contributed by atoms with Gasteiger partial charge in [-0.25, -0.2) is 0 Å². The van der Waals surface area contributed by atoms with Crippen LogP contribution in [0.15, 0.2) is 24.3 Å². The number of carbonyl (C=O) groups is 1. The average Bonchev–Trinajstić information content (AvgIpc) is 2.69. The summed E-state index contributed by atoms with van der Waals surface area (Å²) in [6.45, 7) is 3.52. The Balaban J connectivity index is 1.92. The van der Waals surface area contributed by atoms with E-state index in [2.05, 4.69) is 0 Å². The van der Waals surface area contributed by atoms with Crippen LogP contribution in [0.1, 0.15) is 32.6 Å². The van der Waals surface area contributed by atoms with Crippen LogP contribution in [-0.2, 0) is 4.79 Å². The van der Waals surface area contributed by atoms with E-state index in [9.17, 15) is 4.79 Å². The molecular formula is C15H20ClNO2. The maximum atomic E-state index is 12.3. The first-order chi connectivity index (χ1) is 9.16. The van der Waals surface area contributed by atoms with Crippen molar-refractivity contribution in [2.24, 2.45) is 0 Å². The summed E-state index contributed by atoms with van der Waals surface area (Å²) in [4.78, 5) is 14.2. The lowest BCUT2D eigenvalue weighted by Crippen LogP contribution is -2.40. The number of hydrogen-bond donors (Lipinski definition) is 0. The third-order valence-electron chi connectivity index (χ3n) is 3.39.